The van der Waals surface area contributed by atoms with Crippen molar-refractivity contribution in [2.45, 2.75) is 138 Å². The fraction of sp³-hybridized carbons (Fsp3) is 0.767. The van der Waals surface area contributed by atoms with Gasteiger partial charge in [-0.2, -0.15) is 0 Å². The third-order valence-electron chi connectivity index (χ3n) is 16.5. The lowest BCUT2D eigenvalue weighted by Crippen LogP contribution is -2.67. The van der Waals surface area contributed by atoms with Gasteiger partial charge in [0, 0.05) is 18.7 Å². The molecule has 10 atom stereocenters. The molecular formula is C43H66N2O6. The van der Waals surface area contributed by atoms with E-state index in [9.17, 15) is 30.0 Å². The molecule has 1 aromatic carbocycles. The van der Waals surface area contributed by atoms with Gasteiger partial charge in [-0.05, 0) is 147 Å². The van der Waals surface area contributed by atoms with Gasteiger partial charge in [0.2, 0.25) is 5.91 Å². The van der Waals surface area contributed by atoms with Crippen molar-refractivity contribution in [1.29, 1.82) is 0 Å². The molecule has 5 aliphatic rings. The SMILES string of the molecule is C=C(C)[C@@H]1CC[C@]2(C(=O)NCCCCCCNC(=O)c3cc(O)c(O)c(O)c3)CC[C@]3(C)C(CCC4[C@@]5(C)CC[C@H](O)C(C)(C)C5CC[C@]43C)C12. The Morgan fingerprint density at radius 1 is 0.765 bits per heavy atom. The number of aliphatic hydroxyl groups excluding tert-OH is 1. The van der Waals surface area contributed by atoms with Gasteiger partial charge in [-0.1, -0.05) is 59.6 Å². The maximum absolute atomic E-state index is 14.4. The third kappa shape index (κ3) is 5.98. The van der Waals surface area contributed by atoms with E-state index in [0.717, 1.165) is 76.3 Å². The van der Waals surface area contributed by atoms with Crippen LogP contribution in [0.1, 0.15) is 142 Å². The van der Waals surface area contributed by atoms with Crippen LogP contribution in [-0.2, 0) is 4.79 Å². The van der Waals surface area contributed by atoms with Crippen molar-refractivity contribution in [3.05, 3.63) is 29.8 Å². The van der Waals surface area contributed by atoms with Crippen LogP contribution in [0.2, 0.25) is 0 Å². The number of carbonyl (C=O) groups is 2. The number of allylic oxidation sites excluding steroid dienone is 1. The summed E-state index contributed by atoms with van der Waals surface area (Å²) in [5.74, 6) is 0.557. The first-order valence-corrected chi connectivity index (χ1v) is 20.1. The zero-order chi connectivity index (χ0) is 37.1. The molecule has 5 fully saturated rings. The largest absolute Gasteiger partial charge is 0.504 e. The predicted octanol–water partition coefficient (Wildman–Crippen LogP) is 8.23. The van der Waals surface area contributed by atoms with Crippen LogP contribution in [0.4, 0.5) is 0 Å². The maximum atomic E-state index is 14.4. The monoisotopic (exact) mass is 706 g/mol. The average molecular weight is 707 g/mol. The molecule has 2 amide bonds. The van der Waals surface area contributed by atoms with Gasteiger partial charge >= 0.3 is 0 Å². The lowest BCUT2D eigenvalue weighted by Gasteiger charge is -2.72. The second kappa shape index (κ2) is 13.6. The number of benzene rings is 1. The van der Waals surface area contributed by atoms with Crippen LogP contribution in [-0.4, -0.2) is 51.4 Å². The first-order chi connectivity index (χ1) is 23.9. The topological polar surface area (TPSA) is 139 Å². The predicted molar refractivity (Wildman–Crippen MR) is 200 cm³/mol. The summed E-state index contributed by atoms with van der Waals surface area (Å²) in [5.41, 5.74) is 1.60. The third-order valence-corrected chi connectivity index (χ3v) is 16.5. The normalized spacial score (nSPS) is 39.5. The van der Waals surface area contributed by atoms with E-state index in [1.54, 1.807) is 0 Å². The number of phenols is 3. The van der Waals surface area contributed by atoms with Gasteiger partial charge in [-0.3, -0.25) is 9.59 Å². The molecule has 0 aromatic heterocycles. The number of hydrogen-bond donors (Lipinski definition) is 6. The molecular weight excluding hydrogens is 640 g/mol. The lowest BCUT2D eigenvalue weighted by molar-refractivity contribution is -0.246. The Morgan fingerprint density at radius 2 is 1.41 bits per heavy atom. The highest BCUT2D eigenvalue weighted by Crippen LogP contribution is 2.77. The van der Waals surface area contributed by atoms with Gasteiger partial charge in [-0.25, -0.2) is 0 Å². The molecule has 51 heavy (non-hydrogen) atoms. The van der Waals surface area contributed by atoms with Gasteiger partial charge in [0.1, 0.15) is 0 Å². The van der Waals surface area contributed by atoms with E-state index in [2.05, 4.69) is 58.8 Å². The molecule has 0 radical (unpaired) electrons. The average Bonchev–Trinajstić information content (AvgIpc) is 3.48. The molecule has 0 aliphatic heterocycles. The van der Waals surface area contributed by atoms with Crippen molar-refractivity contribution < 1.29 is 30.0 Å². The fourth-order valence-corrected chi connectivity index (χ4v) is 13.5. The lowest BCUT2D eigenvalue weighted by atomic mass is 9.32. The zero-order valence-electron chi connectivity index (χ0n) is 32.2. The van der Waals surface area contributed by atoms with Gasteiger partial charge in [0.05, 0.1) is 11.5 Å². The molecule has 8 nitrogen and oxygen atoms in total. The van der Waals surface area contributed by atoms with E-state index in [-0.39, 0.29) is 44.6 Å². The molecule has 4 unspecified atom stereocenters. The molecule has 5 saturated carbocycles. The van der Waals surface area contributed by atoms with Crippen molar-refractivity contribution in [3.8, 4) is 17.2 Å². The van der Waals surface area contributed by atoms with Crippen LogP contribution >= 0.6 is 0 Å². The van der Waals surface area contributed by atoms with Crippen LogP contribution in [0, 0.1) is 56.7 Å². The van der Waals surface area contributed by atoms with Gasteiger partial charge in [0.15, 0.2) is 17.2 Å². The number of carbonyl (C=O) groups excluding carboxylic acids is 2. The van der Waals surface area contributed by atoms with Gasteiger partial charge in [-0.15, -0.1) is 0 Å². The quantitative estimate of drug-likeness (QED) is 0.0824. The second-order valence-electron chi connectivity index (χ2n) is 19.0. The summed E-state index contributed by atoms with van der Waals surface area (Å²) < 4.78 is 0. The standard InChI is InChI=1S/C43H66N2O6/c1-26(2)28-14-19-43(38(51)45-23-11-9-8-10-22-44-37(50)27-24-30(46)36(49)31(47)25-27)21-20-41(6)29(35(28)43)12-13-33-40(5)17-16-34(48)39(3,4)32(40)15-18-42(33,41)7/h24-25,28-29,32-35,46-49H,1,8-23H2,2-7H3,(H,44,50)(H,45,51)/t28-,29?,32?,33?,34-,35?,40-,41+,42+,43-/m0/s1. The molecule has 0 heterocycles. The van der Waals surface area contributed by atoms with Crippen LogP contribution in [0.5, 0.6) is 17.2 Å². The number of fused-ring (bicyclic) bond motifs is 7. The van der Waals surface area contributed by atoms with Crippen LogP contribution in [0.15, 0.2) is 24.3 Å². The van der Waals surface area contributed by atoms with E-state index in [0.29, 0.717) is 42.7 Å². The molecule has 8 heteroatoms. The highest BCUT2D eigenvalue weighted by atomic mass is 16.3. The summed E-state index contributed by atoms with van der Waals surface area (Å²) in [7, 11) is 0. The molecule has 0 saturated heterocycles. The Kier molecular flexibility index (Phi) is 10.1. The van der Waals surface area contributed by atoms with Crippen molar-refractivity contribution in [2.75, 3.05) is 13.1 Å². The minimum absolute atomic E-state index is 0.0513. The Bertz CT molecular complexity index is 1500. The fourth-order valence-electron chi connectivity index (χ4n) is 13.5. The summed E-state index contributed by atoms with van der Waals surface area (Å²) in [6, 6.07) is 2.26. The van der Waals surface area contributed by atoms with E-state index in [4.69, 9.17) is 0 Å². The first kappa shape index (κ1) is 38.0. The summed E-state index contributed by atoms with van der Waals surface area (Å²) in [5, 5.41) is 46.2. The van der Waals surface area contributed by atoms with Crippen LogP contribution < -0.4 is 10.6 Å². The molecule has 6 N–H and O–H groups in total. The number of hydrogen-bond acceptors (Lipinski definition) is 6. The molecule has 0 bridgehead atoms. The number of amides is 2. The Labute approximate surface area is 306 Å². The van der Waals surface area contributed by atoms with Crippen LogP contribution in [0.25, 0.3) is 0 Å². The van der Waals surface area contributed by atoms with Crippen molar-refractivity contribution in [1.82, 2.24) is 10.6 Å². The minimum atomic E-state index is -0.640. The zero-order valence-corrected chi connectivity index (χ0v) is 32.2. The Hall–Kier alpha value is -2.74. The smallest absolute Gasteiger partial charge is 0.251 e. The highest BCUT2D eigenvalue weighted by Gasteiger charge is 2.71. The molecule has 6 rings (SSSR count). The summed E-state index contributed by atoms with van der Waals surface area (Å²) in [6.07, 6.45) is 14.2. The van der Waals surface area contributed by atoms with E-state index < -0.39 is 23.2 Å². The van der Waals surface area contributed by atoms with E-state index in [1.807, 2.05) is 0 Å². The van der Waals surface area contributed by atoms with E-state index >= 15 is 0 Å². The van der Waals surface area contributed by atoms with Gasteiger partial charge < -0.3 is 31.1 Å². The molecule has 0 spiro atoms. The molecule has 284 valence electrons. The van der Waals surface area contributed by atoms with E-state index in [1.165, 1.54) is 31.3 Å². The number of aromatic hydroxyl groups is 3. The number of nitrogens with one attached hydrogen (secondary N) is 2. The highest BCUT2D eigenvalue weighted by molar-refractivity contribution is 5.95. The Morgan fingerprint density at radius 3 is 2.06 bits per heavy atom. The molecule has 5 aliphatic carbocycles. The number of rotatable bonds is 10. The summed E-state index contributed by atoms with van der Waals surface area (Å²) in [6.45, 7) is 20.3. The van der Waals surface area contributed by atoms with Crippen LogP contribution in [0.3, 0.4) is 0 Å². The first-order valence-electron chi connectivity index (χ1n) is 20.1. The van der Waals surface area contributed by atoms with Crippen molar-refractivity contribution >= 4 is 11.8 Å². The number of phenolic OH excluding ortho intramolecular Hbond substituents is 3. The van der Waals surface area contributed by atoms with Crippen molar-refractivity contribution in [3.63, 3.8) is 0 Å². The Balaban J connectivity index is 1.07. The maximum Gasteiger partial charge on any atom is 0.251 e. The minimum Gasteiger partial charge on any atom is -0.504 e. The second-order valence-corrected chi connectivity index (χ2v) is 19.0. The summed E-state index contributed by atoms with van der Waals surface area (Å²) >= 11 is 0. The van der Waals surface area contributed by atoms with Crippen molar-refractivity contribution in [2.24, 2.45) is 56.7 Å². The molecule has 1 aromatic rings. The van der Waals surface area contributed by atoms with Gasteiger partial charge in [0.25, 0.3) is 5.91 Å². The summed E-state index contributed by atoms with van der Waals surface area (Å²) in [4.78, 5) is 26.8. The number of unbranched alkanes of at least 4 members (excludes halogenated alkanes) is 3. The number of aliphatic hydroxyl groups is 1.